The minimum Gasteiger partial charge on any atom is -0.325 e. The van der Waals surface area contributed by atoms with Gasteiger partial charge in [-0.1, -0.05) is 18.2 Å². The van der Waals surface area contributed by atoms with Crippen molar-refractivity contribution in [1.29, 1.82) is 0 Å². The standard InChI is InChI=1S/C21H21FN2O3/c1-14(25)18(21(27)23-17-10-8-16(22)9-11-17)13-20(26)24-12-4-6-15-5-2-3-7-19(15)24/h2-3,5,7-11,18H,4,6,12-13H2,1H3,(H,23,27)/t18-/m0/s1. The first-order chi connectivity index (χ1) is 13.0. The zero-order valence-electron chi connectivity index (χ0n) is 15.1. The van der Waals surface area contributed by atoms with Gasteiger partial charge in [0.1, 0.15) is 17.5 Å². The number of fused-ring (bicyclic) bond motifs is 1. The van der Waals surface area contributed by atoms with Gasteiger partial charge in [0.25, 0.3) is 0 Å². The van der Waals surface area contributed by atoms with E-state index in [4.69, 9.17) is 0 Å². The highest BCUT2D eigenvalue weighted by atomic mass is 19.1. The molecule has 1 atom stereocenters. The number of hydrogen-bond acceptors (Lipinski definition) is 3. The number of carbonyl (C=O) groups excluding carboxylic acids is 3. The number of benzene rings is 2. The molecule has 2 amide bonds. The summed E-state index contributed by atoms with van der Waals surface area (Å²) < 4.78 is 13.0. The van der Waals surface area contributed by atoms with Gasteiger partial charge in [-0.25, -0.2) is 4.39 Å². The van der Waals surface area contributed by atoms with E-state index in [0.717, 1.165) is 24.1 Å². The predicted molar refractivity (Wildman–Crippen MR) is 101 cm³/mol. The molecule has 1 aliphatic heterocycles. The molecule has 0 spiro atoms. The van der Waals surface area contributed by atoms with Gasteiger partial charge in [0, 0.05) is 24.3 Å². The van der Waals surface area contributed by atoms with Gasteiger partial charge in [-0.05, 0) is 55.7 Å². The highest BCUT2D eigenvalue weighted by Crippen LogP contribution is 2.28. The molecule has 2 aromatic rings. The fourth-order valence-corrected chi connectivity index (χ4v) is 3.26. The van der Waals surface area contributed by atoms with Gasteiger partial charge < -0.3 is 10.2 Å². The number of anilines is 2. The van der Waals surface area contributed by atoms with Crippen LogP contribution >= 0.6 is 0 Å². The molecule has 0 saturated heterocycles. The molecular formula is C21H21FN2O3. The number of rotatable bonds is 5. The third-order valence-electron chi connectivity index (χ3n) is 4.71. The molecule has 0 bridgehead atoms. The monoisotopic (exact) mass is 368 g/mol. The summed E-state index contributed by atoms with van der Waals surface area (Å²) >= 11 is 0. The SMILES string of the molecule is CC(=O)[C@H](CC(=O)N1CCCc2ccccc21)C(=O)Nc1ccc(F)cc1. The fourth-order valence-electron chi connectivity index (χ4n) is 3.26. The van der Waals surface area contributed by atoms with Crippen LogP contribution in [-0.2, 0) is 20.8 Å². The Labute approximate surface area is 157 Å². The quantitative estimate of drug-likeness (QED) is 0.823. The predicted octanol–water partition coefficient (Wildman–Crippen LogP) is 3.34. The molecule has 0 unspecified atom stereocenters. The first kappa shape index (κ1) is 18.8. The van der Waals surface area contributed by atoms with Crippen molar-refractivity contribution in [2.24, 2.45) is 5.92 Å². The molecule has 2 aromatic carbocycles. The Kier molecular flexibility index (Phi) is 5.64. The number of carbonyl (C=O) groups is 3. The summed E-state index contributed by atoms with van der Waals surface area (Å²) in [4.78, 5) is 39.0. The van der Waals surface area contributed by atoms with Crippen LogP contribution in [0.25, 0.3) is 0 Å². The molecule has 1 N–H and O–H groups in total. The van der Waals surface area contributed by atoms with Crippen LogP contribution < -0.4 is 10.2 Å². The molecule has 0 saturated carbocycles. The number of hydrogen-bond donors (Lipinski definition) is 1. The summed E-state index contributed by atoms with van der Waals surface area (Å²) in [6, 6.07) is 12.9. The van der Waals surface area contributed by atoms with E-state index < -0.39 is 17.6 Å². The van der Waals surface area contributed by atoms with Gasteiger partial charge in [0.15, 0.2) is 0 Å². The van der Waals surface area contributed by atoms with E-state index >= 15 is 0 Å². The average molecular weight is 368 g/mol. The van der Waals surface area contributed by atoms with Crippen molar-refractivity contribution in [3.05, 3.63) is 59.9 Å². The molecule has 1 heterocycles. The van der Waals surface area contributed by atoms with E-state index in [1.165, 1.54) is 31.2 Å². The normalized spacial score (nSPS) is 14.2. The van der Waals surface area contributed by atoms with Gasteiger partial charge in [-0.2, -0.15) is 0 Å². The Morgan fingerprint density at radius 1 is 1.11 bits per heavy atom. The third-order valence-corrected chi connectivity index (χ3v) is 4.71. The van der Waals surface area contributed by atoms with Crippen LogP contribution in [0.3, 0.4) is 0 Å². The maximum atomic E-state index is 13.0. The van der Waals surface area contributed by atoms with Crippen LogP contribution in [0.5, 0.6) is 0 Å². The molecule has 6 heteroatoms. The maximum Gasteiger partial charge on any atom is 0.235 e. The molecule has 27 heavy (non-hydrogen) atoms. The molecular weight excluding hydrogens is 347 g/mol. The summed E-state index contributed by atoms with van der Waals surface area (Å²) in [5, 5.41) is 2.58. The van der Waals surface area contributed by atoms with Crippen molar-refractivity contribution in [2.45, 2.75) is 26.2 Å². The second kappa shape index (κ2) is 8.12. The number of nitrogens with one attached hydrogen (secondary N) is 1. The van der Waals surface area contributed by atoms with Crippen molar-refractivity contribution in [2.75, 3.05) is 16.8 Å². The van der Waals surface area contributed by atoms with Gasteiger partial charge in [0.05, 0.1) is 0 Å². The Morgan fingerprint density at radius 2 is 1.81 bits per heavy atom. The average Bonchev–Trinajstić information content (AvgIpc) is 2.67. The zero-order valence-corrected chi connectivity index (χ0v) is 15.1. The number of Topliss-reactive ketones (excluding diaryl/α,β-unsaturated/α-hetero) is 1. The Morgan fingerprint density at radius 3 is 2.52 bits per heavy atom. The van der Waals surface area contributed by atoms with E-state index in [1.54, 1.807) is 4.90 Å². The van der Waals surface area contributed by atoms with Crippen molar-refractivity contribution in [1.82, 2.24) is 0 Å². The molecule has 0 fully saturated rings. The lowest BCUT2D eigenvalue weighted by Gasteiger charge is -2.30. The van der Waals surface area contributed by atoms with Crippen molar-refractivity contribution in [3.8, 4) is 0 Å². The number of nitrogens with zero attached hydrogens (tertiary/aromatic N) is 1. The Balaban J connectivity index is 1.73. The topological polar surface area (TPSA) is 66.5 Å². The summed E-state index contributed by atoms with van der Waals surface area (Å²) in [6.45, 7) is 1.87. The number of halogens is 1. The van der Waals surface area contributed by atoms with E-state index in [-0.39, 0.29) is 18.1 Å². The molecule has 0 radical (unpaired) electrons. The fraction of sp³-hybridized carbons (Fsp3) is 0.286. The number of aryl methyl sites for hydroxylation is 1. The highest BCUT2D eigenvalue weighted by molar-refractivity contribution is 6.10. The van der Waals surface area contributed by atoms with Gasteiger partial charge in [-0.15, -0.1) is 0 Å². The van der Waals surface area contributed by atoms with Crippen LogP contribution in [0.2, 0.25) is 0 Å². The Bertz CT molecular complexity index is 864. The van der Waals surface area contributed by atoms with Crippen molar-refractivity contribution < 1.29 is 18.8 Å². The van der Waals surface area contributed by atoms with E-state index in [2.05, 4.69) is 5.32 Å². The first-order valence-electron chi connectivity index (χ1n) is 8.91. The van der Waals surface area contributed by atoms with Crippen molar-refractivity contribution >= 4 is 29.0 Å². The third kappa shape index (κ3) is 4.39. The smallest absolute Gasteiger partial charge is 0.235 e. The molecule has 0 aromatic heterocycles. The summed E-state index contributed by atoms with van der Waals surface area (Å²) in [7, 11) is 0. The van der Waals surface area contributed by atoms with E-state index in [9.17, 15) is 18.8 Å². The first-order valence-corrected chi connectivity index (χ1v) is 8.91. The van der Waals surface area contributed by atoms with Gasteiger partial charge in [-0.3, -0.25) is 14.4 Å². The van der Waals surface area contributed by atoms with Crippen LogP contribution in [0.4, 0.5) is 15.8 Å². The lowest BCUT2D eigenvalue weighted by Crippen LogP contribution is -2.39. The second-order valence-electron chi connectivity index (χ2n) is 6.64. The molecule has 1 aliphatic rings. The van der Waals surface area contributed by atoms with Crippen LogP contribution in [-0.4, -0.2) is 24.1 Å². The molecule has 0 aliphatic carbocycles. The number of ketones is 1. The molecule has 5 nitrogen and oxygen atoms in total. The lowest BCUT2D eigenvalue weighted by atomic mass is 9.96. The van der Waals surface area contributed by atoms with Gasteiger partial charge in [0.2, 0.25) is 11.8 Å². The highest BCUT2D eigenvalue weighted by Gasteiger charge is 2.30. The number of para-hydroxylation sites is 1. The minimum atomic E-state index is -1.09. The second-order valence-corrected chi connectivity index (χ2v) is 6.64. The lowest BCUT2D eigenvalue weighted by molar-refractivity contribution is -0.134. The minimum absolute atomic E-state index is 0.198. The summed E-state index contributed by atoms with van der Waals surface area (Å²) in [5.41, 5.74) is 2.31. The van der Waals surface area contributed by atoms with Crippen molar-refractivity contribution in [3.63, 3.8) is 0 Å². The molecule has 3 rings (SSSR count). The summed E-state index contributed by atoms with van der Waals surface area (Å²) in [6.07, 6.45) is 1.55. The zero-order chi connectivity index (χ0) is 19.4. The maximum absolute atomic E-state index is 13.0. The molecule has 140 valence electrons. The number of amides is 2. The Hall–Kier alpha value is -3.02. The van der Waals surface area contributed by atoms with Crippen LogP contribution in [0, 0.1) is 11.7 Å². The van der Waals surface area contributed by atoms with E-state index in [1.807, 2.05) is 24.3 Å². The largest absolute Gasteiger partial charge is 0.325 e. The van der Waals surface area contributed by atoms with Gasteiger partial charge >= 0.3 is 0 Å². The van der Waals surface area contributed by atoms with Crippen LogP contribution in [0.1, 0.15) is 25.3 Å². The van der Waals surface area contributed by atoms with Crippen LogP contribution in [0.15, 0.2) is 48.5 Å². The van der Waals surface area contributed by atoms with E-state index in [0.29, 0.717) is 12.2 Å². The summed E-state index contributed by atoms with van der Waals surface area (Å²) in [5.74, 6) is -2.70.